The first-order valence-electron chi connectivity index (χ1n) is 8.32. The lowest BCUT2D eigenvalue weighted by Crippen LogP contribution is -2.46. The molecule has 0 aromatic rings. The summed E-state index contributed by atoms with van der Waals surface area (Å²) in [7, 11) is 0. The van der Waals surface area contributed by atoms with Gasteiger partial charge in [0.25, 0.3) is 0 Å². The zero-order valence-electron chi connectivity index (χ0n) is 13.6. The topological polar surface area (TPSA) is 57.6 Å². The van der Waals surface area contributed by atoms with Gasteiger partial charge in [-0.15, -0.1) is 0 Å². The maximum atomic E-state index is 12.8. The summed E-state index contributed by atoms with van der Waals surface area (Å²) in [4.78, 5) is 25.7. The fourth-order valence-corrected chi connectivity index (χ4v) is 4.12. The van der Waals surface area contributed by atoms with E-state index in [1.807, 2.05) is 11.8 Å². The molecule has 1 aliphatic carbocycles. The molecule has 0 aromatic carbocycles. The Morgan fingerprint density at radius 1 is 1.29 bits per heavy atom. The highest BCUT2D eigenvalue weighted by molar-refractivity contribution is 5.80. The van der Waals surface area contributed by atoms with Crippen LogP contribution in [-0.4, -0.2) is 35.0 Å². The second-order valence-corrected chi connectivity index (χ2v) is 7.70. The van der Waals surface area contributed by atoms with Crippen molar-refractivity contribution in [2.45, 2.75) is 59.3 Å². The van der Waals surface area contributed by atoms with Crippen LogP contribution in [0.15, 0.2) is 0 Å². The number of aliphatic carboxylic acids is 1. The number of carboxylic acid groups (broad SMARTS) is 1. The van der Waals surface area contributed by atoms with Crippen LogP contribution in [0.1, 0.15) is 59.3 Å². The van der Waals surface area contributed by atoms with E-state index >= 15 is 0 Å². The second-order valence-electron chi connectivity index (χ2n) is 7.70. The smallest absolute Gasteiger partial charge is 0.303 e. The standard InChI is InChI=1S/C17H29NO3/c1-12(10-15(19)20)13-6-5-9-18(11-13)16(21)14-7-4-8-17(14,2)3/h12-14H,4-11H2,1-3H3,(H,19,20). The zero-order chi connectivity index (χ0) is 15.6. The molecule has 1 aliphatic heterocycles. The normalized spacial score (nSPS) is 30.1. The summed E-state index contributed by atoms with van der Waals surface area (Å²) >= 11 is 0. The van der Waals surface area contributed by atoms with E-state index in [9.17, 15) is 9.59 Å². The van der Waals surface area contributed by atoms with Gasteiger partial charge in [0.05, 0.1) is 0 Å². The number of rotatable bonds is 4. The number of likely N-dealkylation sites (tertiary alicyclic amines) is 1. The van der Waals surface area contributed by atoms with Gasteiger partial charge in [-0.05, 0) is 42.9 Å². The molecule has 4 heteroatoms. The minimum Gasteiger partial charge on any atom is -0.481 e. The van der Waals surface area contributed by atoms with E-state index in [0.29, 0.717) is 11.8 Å². The predicted octanol–water partition coefficient (Wildman–Crippen LogP) is 3.16. The number of carbonyl (C=O) groups excluding carboxylic acids is 1. The third-order valence-corrected chi connectivity index (χ3v) is 5.63. The zero-order valence-corrected chi connectivity index (χ0v) is 13.6. The average Bonchev–Trinajstić information content (AvgIpc) is 2.77. The summed E-state index contributed by atoms with van der Waals surface area (Å²) < 4.78 is 0. The third kappa shape index (κ3) is 3.78. The summed E-state index contributed by atoms with van der Waals surface area (Å²) in [6.07, 6.45) is 5.56. The molecule has 21 heavy (non-hydrogen) atoms. The number of hydrogen-bond donors (Lipinski definition) is 1. The summed E-state index contributed by atoms with van der Waals surface area (Å²) in [6, 6.07) is 0. The highest BCUT2D eigenvalue weighted by Gasteiger charge is 2.42. The van der Waals surface area contributed by atoms with Crippen LogP contribution in [0.3, 0.4) is 0 Å². The van der Waals surface area contributed by atoms with Gasteiger partial charge in [0.15, 0.2) is 0 Å². The van der Waals surface area contributed by atoms with Crippen LogP contribution in [0.4, 0.5) is 0 Å². The molecule has 2 rings (SSSR count). The third-order valence-electron chi connectivity index (χ3n) is 5.63. The van der Waals surface area contributed by atoms with Crippen molar-refractivity contribution in [2.24, 2.45) is 23.2 Å². The Balaban J connectivity index is 1.97. The molecule has 3 atom stereocenters. The minimum absolute atomic E-state index is 0.122. The lowest BCUT2D eigenvalue weighted by atomic mass is 9.79. The van der Waals surface area contributed by atoms with Crippen molar-refractivity contribution in [3.8, 4) is 0 Å². The SMILES string of the molecule is CC(CC(=O)O)C1CCCN(C(=O)C2CCCC2(C)C)C1. The predicted molar refractivity (Wildman–Crippen MR) is 81.8 cm³/mol. The van der Waals surface area contributed by atoms with Crippen molar-refractivity contribution < 1.29 is 14.7 Å². The van der Waals surface area contributed by atoms with Gasteiger partial charge in [0.1, 0.15) is 0 Å². The highest BCUT2D eigenvalue weighted by Crippen LogP contribution is 2.44. The molecule has 0 radical (unpaired) electrons. The van der Waals surface area contributed by atoms with Crippen LogP contribution in [-0.2, 0) is 9.59 Å². The second kappa shape index (κ2) is 6.37. The summed E-state index contributed by atoms with van der Waals surface area (Å²) in [5.74, 6) is 0.219. The minimum atomic E-state index is -0.733. The quantitative estimate of drug-likeness (QED) is 0.866. The first-order chi connectivity index (χ1) is 9.81. The molecule has 4 nitrogen and oxygen atoms in total. The van der Waals surface area contributed by atoms with Crippen LogP contribution >= 0.6 is 0 Å². The van der Waals surface area contributed by atoms with Crippen molar-refractivity contribution in [3.05, 3.63) is 0 Å². The highest BCUT2D eigenvalue weighted by atomic mass is 16.4. The molecule has 2 fully saturated rings. The van der Waals surface area contributed by atoms with Gasteiger partial charge in [-0.1, -0.05) is 27.2 Å². The lowest BCUT2D eigenvalue weighted by Gasteiger charge is -2.39. The Bertz CT molecular complexity index is 405. The van der Waals surface area contributed by atoms with Gasteiger partial charge >= 0.3 is 5.97 Å². The molecule has 0 aromatic heterocycles. The number of hydrogen-bond acceptors (Lipinski definition) is 2. The van der Waals surface area contributed by atoms with Crippen LogP contribution in [0.5, 0.6) is 0 Å². The number of nitrogens with zero attached hydrogens (tertiary/aromatic N) is 1. The Kier molecular flexibility index (Phi) is 4.95. The molecule has 120 valence electrons. The van der Waals surface area contributed by atoms with E-state index in [1.165, 1.54) is 0 Å². The first kappa shape index (κ1) is 16.3. The van der Waals surface area contributed by atoms with E-state index < -0.39 is 5.97 Å². The molecule has 2 aliphatic rings. The van der Waals surface area contributed by atoms with Gasteiger partial charge < -0.3 is 10.0 Å². The molecular formula is C17H29NO3. The molecule has 1 heterocycles. The molecule has 1 N–H and O–H groups in total. The fourth-order valence-electron chi connectivity index (χ4n) is 4.12. The fraction of sp³-hybridized carbons (Fsp3) is 0.882. The molecule has 1 saturated carbocycles. The molecule has 0 spiro atoms. The van der Waals surface area contributed by atoms with E-state index in [1.54, 1.807) is 0 Å². The van der Waals surface area contributed by atoms with Crippen LogP contribution < -0.4 is 0 Å². The van der Waals surface area contributed by atoms with Crippen LogP contribution in [0.2, 0.25) is 0 Å². The van der Waals surface area contributed by atoms with Crippen molar-refractivity contribution >= 4 is 11.9 Å². The van der Waals surface area contributed by atoms with Gasteiger partial charge in [0.2, 0.25) is 5.91 Å². The monoisotopic (exact) mass is 295 g/mol. The number of piperidine rings is 1. The molecule has 3 unspecified atom stereocenters. The van der Waals surface area contributed by atoms with Crippen molar-refractivity contribution in [1.29, 1.82) is 0 Å². The van der Waals surface area contributed by atoms with Crippen LogP contribution in [0.25, 0.3) is 0 Å². The summed E-state index contributed by atoms with van der Waals surface area (Å²) in [5.41, 5.74) is 0.122. The van der Waals surface area contributed by atoms with Crippen molar-refractivity contribution in [3.63, 3.8) is 0 Å². The van der Waals surface area contributed by atoms with E-state index in [0.717, 1.165) is 45.2 Å². The van der Waals surface area contributed by atoms with E-state index in [-0.39, 0.29) is 23.7 Å². The Labute approximate surface area is 127 Å². The molecule has 1 saturated heterocycles. The number of carboxylic acids is 1. The van der Waals surface area contributed by atoms with Crippen LogP contribution in [0, 0.1) is 23.2 Å². The van der Waals surface area contributed by atoms with Crippen molar-refractivity contribution in [2.75, 3.05) is 13.1 Å². The maximum absolute atomic E-state index is 12.8. The largest absolute Gasteiger partial charge is 0.481 e. The molecule has 0 bridgehead atoms. The van der Waals surface area contributed by atoms with Gasteiger partial charge in [-0.3, -0.25) is 9.59 Å². The molecule has 1 amide bonds. The van der Waals surface area contributed by atoms with Gasteiger partial charge in [0, 0.05) is 25.4 Å². The number of carbonyl (C=O) groups is 2. The van der Waals surface area contributed by atoms with E-state index in [2.05, 4.69) is 13.8 Å². The Morgan fingerprint density at radius 3 is 2.57 bits per heavy atom. The van der Waals surface area contributed by atoms with Gasteiger partial charge in [-0.25, -0.2) is 0 Å². The average molecular weight is 295 g/mol. The maximum Gasteiger partial charge on any atom is 0.303 e. The summed E-state index contributed by atoms with van der Waals surface area (Å²) in [5, 5.41) is 8.95. The van der Waals surface area contributed by atoms with Gasteiger partial charge in [-0.2, -0.15) is 0 Å². The van der Waals surface area contributed by atoms with E-state index in [4.69, 9.17) is 5.11 Å². The molecular weight excluding hydrogens is 266 g/mol. The Morgan fingerprint density at radius 2 is 2.00 bits per heavy atom. The number of amides is 1. The summed E-state index contributed by atoms with van der Waals surface area (Å²) in [6.45, 7) is 8.02. The lowest BCUT2D eigenvalue weighted by molar-refractivity contribution is -0.141. The Hall–Kier alpha value is -1.06. The van der Waals surface area contributed by atoms with Crippen molar-refractivity contribution in [1.82, 2.24) is 4.90 Å². The first-order valence-corrected chi connectivity index (χ1v) is 8.32.